The number of carbonyl (C=O) groups excluding carboxylic acids is 6. The van der Waals surface area contributed by atoms with E-state index in [1.165, 1.54) is 9.80 Å². The zero-order valence-electron chi connectivity index (χ0n) is 30.4. The van der Waals surface area contributed by atoms with Gasteiger partial charge >= 0.3 is 11.9 Å². The number of unbranched alkanes of at least 4 members (excludes halogenated alkanes) is 5. The Balaban J connectivity index is 0.599. The van der Waals surface area contributed by atoms with Gasteiger partial charge in [-0.05, 0) is 99.7 Å². The van der Waals surface area contributed by atoms with E-state index in [4.69, 9.17) is 18.9 Å². The molecule has 2 heterocycles. The molecule has 0 aromatic carbocycles. The SMILES string of the molecule is CC(OCCCCOC(C)OC(=O)CCCCCN1C(=O)C2C(C1=O)C1CC13C=CC23)OC(=O)CCCCCN1C(=O)C2C(C1=O)C1CC13C=CC23. The van der Waals surface area contributed by atoms with Crippen molar-refractivity contribution in [2.24, 2.45) is 58.2 Å². The number of imide groups is 2. The third-order valence-corrected chi connectivity index (χ3v) is 13.7. The summed E-state index contributed by atoms with van der Waals surface area (Å²) in [5.41, 5.74) is 0.341. The van der Waals surface area contributed by atoms with Crippen LogP contribution in [-0.4, -0.2) is 84.3 Å². The number of fused-ring (bicyclic) bond motifs is 6. The average molecular weight is 721 g/mol. The van der Waals surface area contributed by atoms with Crippen LogP contribution >= 0.6 is 0 Å². The molecule has 52 heavy (non-hydrogen) atoms. The molecule has 12 heteroatoms. The number of likely N-dealkylation sites (tertiary alicyclic amines) is 2. The van der Waals surface area contributed by atoms with Crippen LogP contribution in [0.4, 0.5) is 0 Å². The lowest BCUT2D eigenvalue weighted by atomic mass is 9.74. The third kappa shape index (κ3) is 5.96. The number of amides is 4. The van der Waals surface area contributed by atoms with Gasteiger partial charge in [0.2, 0.25) is 23.6 Å². The molecule has 6 aliphatic carbocycles. The van der Waals surface area contributed by atoms with Crippen molar-refractivity contribution in [3.05, 3.63) is 24.3 Å². The Labute approximate surface area is 304 Å². The molecule has 4 amide bonds. The van der Waals surface area contributed by atoms with Crippen molar-refractivity contribution in [1.29, 1.82) is 0 Å². The van der Waals surface area contributed by atoms with E-state index in [9.17, 15) is 28.8 Å². The van der Waals surface area contributed by atoms with Gasteiger partial charge in [-0.25, -0.2) is 0 Å². The normalized spacial score (nSPS) is 37.4. The number of esters is 2. The van der Waals surface area contributed by atoms with Crippen LogP contribution in [0.5, 0.6) is 0 Å². The number of hydrogen-bond donors (Lipinski definition) is 0. The van der Waals surface area contributed by atoms with Gasteiger partial charge in [-0.3, -0.25) is 38.6 Å². The highest BCUT2D eigenvalue weighted by atomic mass is 16.7. The first-order valence-corrected chi connectivity index (χ1v) is 19.8. The van der Waals surface area contributed by atoms with E-state index in [1.807, 2.05) is 0 Å². The predicted molar refractivity (Wildman–Crippen MR) is 183 cm³/mol. The summed E-state index contributed by atoms with van der Waals surface area (Å²) in [5.74, 6) is 0.0787. The van der Waals surface area contributed by atoms with E-state index < -0.39 is 12.6 Å². The Morgan fingerprint density at radius 2 is 1.02 bits per heavy atom. The maximum absolute atomic E-state index is 12.9. The zero-order valence-corrected chi connectivity index (χ0v) is 30.4. The van der Waals surface area contributed by atoms with E-state index in [1.54, 1.807) is 13.8 Å². The Morgan fingerprint density at radius 1 is 0.615 bits per heavy atom. The summed E-state index contributed by atoms with van der Waals surface area (Å²) < 4.78 is 21.9. The predicted octanol–water partition coefficient (Wildman–Crippen LogP) is 4.31. The Hall–Kier alpha value is -3.38. The highest BCUT2D eigenvalue weighted by Gasteiger charge is 2.78. The van der Waals surface area contributed by atoms with Crippen LogP contribution in [0.25, 0.3) is 0 Å². The summed E-state index contributed by atoms with van der Waals surface area (Å²) in [5, 5.41) is 0. The molecule has 282 valence electrons. The van der Waals surface area contributed by atoms with Gasteiger partial charge < -0.3 is 18.9 Å². The van der Waals surface area contributed by atoms with Gasteiger partial charge in [-0.2, -0.15) is 0 Å². The molecule has 0 aromatic rings. The Bertz CT molecular complexity index is 1460. The average Bonchev–Trinajstić information content (AvgIpc) is 3.96. The van der Waals surface area contributed by atoms with Crippen molar-refractivity contribution in [3.8, 4) is 0 Å². The summed E-state index contributed by atoms with van der Waals surface area (Å²) in [6, 6.07) is 0. The fourth-order valence-electron chi connectivity index (χ4n) is 10.8. The number of hydrogen-bond acceptors (Lipinski definition) is 10. The lowest BCUT2D eigenvalue weighted by Crippen LogP contribution is -2.36. The van der Waals surface area contributed by atoms with Gasteiger partial charge in [0.05, 0.1) is 36.9 Å². The topological polar surface area (TPSA) is 146 Å². The third-order valence-electron chi connectivity index (χ3n) is 13.7. The molecule has 8 aliphatic rings. The van der Waals surface area contributed by atoms with E-state index in [0.717, 1.165) is 25.7 Å². The molecular formula is C40H52N2O10. The van der Waals surface area contributed by atoms with Crippen molar-refractivity contribution < 1.29 is 47.7 Å². The van der Waals surface area contributed by atoms with Gasteiger partial charge in [0, 0.05) is 25.9 Å². The van der Waals surface area contributed by atoms with Crippen LogP contribution in [0.1, 0.15) is 90.9 Å². The Morgan fingerprint density at radius 3 is 1.40 bits per heavy atom. The zero-order chi connectivity index (χ0) is 36.4. The van der Waals surface area contributed by atoms with Gasteiger partial charge in [0.1, 0.15) is 0 Å². The molecule has 6 fully saturated rings. The van der Waals surface area contributed by atoms with Gasteiger partial charge in [0.25, 0.3) is 0 Å². The molecule has 2 saturated heterocycles. The van der Waals surface area contributed by atoms with Crippen molar-refractivity contribution in [2.75, 3.05) is 26.3 Å². The van der Waals surface area contributed by atoms with E-state index in [0.29, 0.717) is 76.7 Å². The molecule has 2 spiro atoms. The number of nitrogens with zero attached hydrogens (tertiary/aromatic N) is 2. The van der Waals surface area contributed by atoms with Gasteiger partial charge in [0.15, 0.2) is 12.6 Å². The van der Waals surface area contributed by atoms with Crippen LogP contribution < -0.4 is 0 Å². The quantitative estimate of drug-likeness (QED) is 0.0553. The molecule has 0 N–H and O–H groups in total. The molecule has 12 nitrogen and oxygen atoms in total. The summed E-state index contributed by atoms with van der Waals surface area (Å²) in [6.07, 6.45) is 15.4. The summed E-state index contributed by atoms with van der Waals surface area (Å²) in [7, 11) is 0. The van der Waals surface area contributed by atoms with Gasteiger partial charge in [-0.15, -0.1) is 0 Å². The van der Waals surface area contributed by atoms with Gasteiger partial charge in [-0.1, -0.05) is 37.1 Å². The largest absolute Gasteiger partial charge is 0.436 e. The molecule has 2 aliphatic heterocycles. The molecule has 0 aromatic heterocycles. The number of carbonyl (C=O) groups is 6. The number of ether oxygens (including phenoxy) is 4. The lowest BCUT2D eigenvalue weighted by molar-refractivity contribution is -0.178. The maximum Gasteiger partial charge on any atom is 0.308 e. The second-order valence-corrected chi connectivity index (χ2v) is 16.6. The standard InChI is InChI=1S/C40H52N2O10/c1-23(51-29(43)11-5-3-7-17-41-35(45)31-25-13-15-39(25)21-27(39)33(31)37(41)47)49-19-9-10-20-50-24(2)52-30(44)12-6-4-8-18-42-36(46)32-26-14-16-40(26)22-28(40)34(32)38(42)48/h13-16,23-28,31-34H,3-12,17-22H2,1-2H3. The number of allylic oxidation sites excluding steroid dienone is 4. The molecular weight excluding hydrogens is 668 g/mol. The van der Waals surface area contributed by atoms with Crippen molar-refractivity contribution in [3.63, 3.8) is 0 Å². The summed E-state index contributed by atoms with van der Waals surface area (Å²) in [6.45, 7) is 4.99. The van der Waals surface area contributed by atoms with Crippen LogP contribution in [0.15, 0.2) is 24.3 Å². The minimum Gasteiger partial charge on any atom is -0.436 e. The minimum atomic E-state index is -0.670. The highest BCUT2D eigenvalue weighted by Crippen LogP contribution is 2.78. The summed E-state index contributed by atoms with van der Waals surface area (Å²) >= 11 is 0. The molecule has 8 rings (SSSR count). The van der Waals surface area contributed by atoms with E-state index >= 15 is 0 Å². The highest BCUT2D eigenvalue weighted by molar-refractivity contribution is 6.07. The molecule has 4 saturated carbocycles. The number of rotatable bonds is 21. The molecule has 12 unspecified atom stereocenters. The van der Waals surface area contributed by atoms with Crippen LogP contribution in [0, 0.1) is 58.2 Å². The summed E-state index contributed by atoms with van der Waals surface area (Å²) in [4.78, 5) is 79.2. The lowest BCUT2D eigenvalue weighted by Gasteiger charge is -2.30. The van der Waals surface area contributed by atoms with Crippen LogP contribution in [-0.2, 0) is 47.7 Å². The first kappa shape index (κ1) is 35.6. The van der Waals surface area contributed by atoms with Crippen molar-refractivity contribution in [1.82, 2.24) is 9.80 Å². The second-order valence-electron chi connectivity index (χ2n) is 16.6. The molecule has 0 bridgehead atoms. The first-order valence-electron chi connectivity index (χ1n) is 19.8. The van der Waals surface area contributed by atoms with Crippen molar-refractivity contribution >= 4 is 35.6 Å². The van der Waals surface area contributed by atoms with E-state index in [2.05, 4.69) is 24.3 Å². The van der Waals surface area contributed by atoms with E-state index in [-0.39, 0.29) is 94.7 Å². The van der Waals surface area contributed by atoms with Crippen LogP contribution in [0.3, 0.4) is 0 Å². The van der Waals surface area contributed by atoms with Crippen molar-refractivity contribution in [2.45, 2.75) is 103 Å². The Kier molecular flexibility index (Phi) is 9.45. The first-order chi connectivity index (χ1) is 25.1. The smallest absolute Gasteiger partial charge is 0.308 e. The maximum atomic E-state index is 12.9. The fourth-order valence-corrected chi connectivity index (χ4v) is 10.8. The molecule has 12 atom stereocenters. The minimum absolute atomic E-state index is 0.00000744. The monoisotopic (exact) mass is 720 g/mol. The second kappa shape index (κ2) is 13.8. The molecule has 0 radical (unpaired) electrons. The fraction of sp³-hybridized carbons (Fsp3) is 0.750. The van der Waals surface area contributed by atoms with Crippen LogP contribution in [0.2, 0.25) is 0 Å².